The van der Waals surface area contributed by atoms with Gasteiger partial charge in [0.2, 0.25) is 0 Å². The van der Waals surface area contributed by atoms with Gasteiger partial charge in [-0.15, -0.1) is 0 Å². The van der Waals surface area contributed by atoms with Crippen LogP contribution in [-0.2, 0) is 14.2 Å². The first kappa shape index (κ1) is 17.2. The van der Waals surface area contributed by atoms with Crippen molar-refractivity contribution in [2.75, 3.05) is 39.9 Å². The molecule has 0 unspecified atom stereocenters. The molecule has 3 rings (SSSR count). The van der Waals surface area contributed by atoms with Gasteiger partial charge in [0.15, 0.2) is 5.11 Å². The number of methoxy groups -OCH3 is 3. The maximum Gasteiger partial charge on any atom is 0.171 e. The predicted molar refractivity (Wildman–Crippen MR) is 93.0 cm³/mol. The summed E-state index contributed by atoms with van der Waals surface area (Å²) in [5.41, 5.74) is 0.779. The summed E-state index contributed by atoms with van der Waals surface area (Å²) >= 11 is 5.40. The van der Waals surface area contributed by atoms with E-state index in [2.05, 4.69) is 10.6 Å². The minimum absolute atomic E-state index is 0.0114. The van der Waals surface area contributed by atoms with Crippen molar-refractivity contribution in [2.24, 2.45) is 0 Å². The van der Waals surface area contributed by atoms with Crippen molar-refractivity contribution in [1.29, 1.82) is 0 Å². The summed E-state index contributed by atoms with van der Waals surface area (Å²) in [7, 11) is 4.88. The molecule has 24 heavy (non-hydrogen) atoms. The maximum atomic E-state index is 5.78. The zero-order valence-electron chi connectivity index (χ0n) is 13.9. The Hall–Kier alpha value is -1.61. The van der Waals surface area contributed by atoms with E-state index in [-0.39, 0.29) is 24.4 Å². The lowest BCUT2D eigenvalue weighted by molar-refractivity contribution is -0.00798. The molecule has 2 saturated heterocycles. The predicted octanol–water partition coefficient (Wildman–Crippen LogP) is 1.17. The first-order chi connectivity index (χ1) is 11.6. The van der Waals surface area contributed by atoms with Gasteiger partial charge >= 0.3 is 0 Å². The second-order valence-electron chi connectivity index (χ2n) is 5.68. The Morgan fingerprint density at radius 1 is 1.04 bits per heavy atom. The van der Waals surface area contributed by atoms with Crippen molar-refractivity contribution in [2.45, 2.75) is 24.4 Å². The molecule has 0 aromatic heterocycles. The number of fused-ring (bicyclic) bond motifs is 1. The van der Waals surface area contributed by atoms with Gasteiger partial charge < -0.3 is 34.3 Å². The molecule has 2 N–H and O–H groups in total. The highest BCUT2D eigenvalue weighted by Gasteiger charge is 2.48. The van der Waals surface area contributed by atoms with Crippen LogP contribution in [0.1, 0.15) is 0 Å². The molecule has 0 aliphatic carbocycles. The third-order valence-corrected chi connectivity index (χ3v) is 4.46. The molecule has 2 heterocycles. The van der Waals surface area contributed by atoms with Gasteiger partial charge in [-0.05, 0) is 12.2 Å². The summed E-state index contributed by atoms with van der Waals surface area (Å²) in [6, 6.07) is 5.48. The number of thiocarbonyl (C=S) groups is 1. The number of hydrogen-bond donors (Lipinski definition) is 2. The minimum Gasteiger partial charge on any atom is -0.497 e. The SMILES string of the molecule is COc1cc(NC(=S)N[C@H]2CO[C@H]3[C@@H]2OC[C@H]3OC)cc(OC)c1. The minimum atomic E-state index is -0.0606. The van der Waals surface area contributed by atoms with Gasteiger partial charge in [-0.1, -0.05) is 0 Å². The Balaban J connectivity index is 1.60. The molecule has 132 valence electrons. The molecule has 0 amide bonds. The van der Waals surface area contributed by atoms with Crippen LogP contribution in [0.3, 0.4) is 0 Å². The van der Waals surface area contributed by atoms with Crippen molar-refractivity contribution < 1.29 is 23.7 Å². The van der Waals surface area contributed by atoms with E-state index >= 15 is 0 Å². The summed E-state index contributed by atoms with van der Waals surface area (Å²) in [6.07, 6.45) is -0.132. The van der Waals surface area contributed by atoms with Crippen molar-refractivity contribution >= 4 is 23.0 Å². The summed E-state index contributed by atoms with van der Waals surface area (Å²) in [5.74, 6) is 1.37. The summed E-state index contributed by atoms with van der Waals surface area (Å²) in [5, 5.41) is 6.88. The summed E-state index contributed by atoms with van der Waals surface area (Å²) in [6.45, 7) is 1.07. The smallest absolute Gasteiger partial charge is 0.171 e. The van der Waals surface area contributed by atoms with Crippen molar-refractivity contribution in [1.82, 2.24) is 5.32 Å². The average Bonchev–Trinajstić information content (AvgIpc) is 3.17. The van der Waals surface area contributed by atoms with E-state index in [1.165, 1.54) is 0 Å². The van der Waals surface area contributed by atoms with Gasteiger partial charge in [-0.3, -0.25) is 0 Å². The second kappa shape index (κ2) is 7.52. The van der Waals surface area contributed by atoms with Crippen LogP contribution < -0.4 is 20.1 Å². The molecule has 2 aliphatic rings. The molecule has 0 bridgehead atoms. The lowest BCUT2D eigenvalue weighted by atomic mass is 10.1. The fourth-order valence-corrected chi connectivity index (χ4v) is 3.27. The molecule has 2 aliphatic heterocycles. The summed E-state index contributed by atoms with van der Waals surface area (Å²) < 4.78 is 27.4. The highest BCUT2D eigenvalue weighted by Crippen LogP contribution is 2.29. The molecule has 1 aromatic carbocycles. The van der Waals surface area contributed by atoms with E-state index in [0.29, 0.717) is 29.8 Å². The molecule has 7 nitrogen and oxygen atoms in total. The normalized spacial score (nSPS) is 28.3. The molecule has 2 fully saturated rings. The molecule has 0 radical (unpaired) electrons. The van der Waals surface area contributed by atoms with E-state index in [4.69, 9.17) is 35.9 Å². The number of anilines is 1. The quantitative estimate of drug-likeness (QED) is 0.764. The number of nitrogens with one attached hydrogen (secondary N) is 2. The van der Waals surface area contributed by atoms with E-state index in [1.54, 1.807) is 27.4 Å². The standard InChI is InChI=1S/C16H22N2O5S/c1-19-10-4-9(5-11(6-10)20-2)17-16(24)18-12-7-22-15-13(21-3)8-23-14(12)15/h4-6,12-15H,7-8H2,1-3H3,(H2,17,18,24)/t12-,13+,14+,15+/m0/s1. The Kier molecular flexibility index (Phi) is 5.40. The molecular weight excluding hydrogens is 332 g/mol. The number of benzene rings is 1. The Morgan fingerprint density at radius 3 is 2.33 bits per heavy atom. The van der Waals surface area contributed by atoms with E-state index < -0.39 is 0 Å². The zero-order chi connectivity index (χ0) is 17.1. The Morgan fingerprint density at radius 2 is 1.71 bits per heavy atom. The van der Waals surface area contributed by atoms with Gasteiger partial charge in [0, 0.05) is 31.0 Å². The first-order valence-corrected chi connectivity index (χ1v) is 8.12. The van der Waals surface area contributed by atoms with Crippen LogP contribution in [0.2, 0.25) is 0 Å². The Labute approximate surface area is 146 Å². The maximum absolute atomic E-state index is 5.78. The van der Waals surface area contributed by atoms with E-state index in [1.807, 2.05) is 12.1 Å². The van der Waals surface area contributed by atoms with E-state index in [9.17, 15) is 0 Å². The third kappa shape index (κ3) is 3.56. The van der Waals surface area contributed by atoms with Gasteiger partial charge in [0.05, 0.1) is 33.5 Å². The van der Waals surface area contributed by atoms with Crippen molar-refractivity contribution in [3.63, 3.8) is 0 Å². The van der Waals surface area contributed by atoms with Crippen LogP contribution in [0.5, 0.6) is 11.5 Å². The molecular formula is C16H22N2O5S. The molecule has 0 spiro atoms. The van der Waals surface area contributed by atoms with E-state index in [0.717, 1.165) is 5.69 Å². The van der Waals surface area contributed by atoms with Gasteiger partial charge in [-0.25, -0.2) is 0 Å². The number of ether oxygens (including phenoxy) is 5. The fourth-order valence-electron chi connectivity index (χ4n) is 3.01. The summed E-state index contributed by atoms with van der Waals surface area (Å²) in [4.78, 5) is 0. The molecule has 1 aromatic rings. The monoisotopic (exact) mass is 354 g/mol. The van der Waals surface area contributed by atoms with Crippen LogP contribution in [0.25, 0.3) is 0 Å². The zero-order valence-corrected chi connectivity index (χ0v) is 14.7. The first-order valence-electron chi connectivity index (χ1n) is 7.71. The lowest BCUT2D eigenvalue weighted by Gasteiger charge is -2.20. The average molecular weight is 354 g/mol. The van der Waals surface area contributed by atoms with Crippen LogP contribution in [0, 0.1) is 0 Å². The largest absolute Gasteiger partial charge is 0.497 e. The van der Waals surface area contributed by atoms with Crippen LogP contribution in [0.4, 0.5) is 5.69 Å². The highest BCUT2D eigenvalue weighted by atomic mass is 32.1. The van der Waals surface area contributed by atoms with Gasteiger partial charge in [-0.2, -0.15) is 0 Å². The number of rotatable bonds is 5. The molecule has 8 heteroatoms. The fraction of sp³-hybridized carbons (Fsp3) is 0.562. The van der Waals surface area contributed by atoms with Gasteiger partial charge in [0.25, 0.3) is 0 Å². The second-order valence-corrected chi connectivity index (χ2v) is 6.08. The van der Waals surface area contributed by atoms with Crippen molar-refractivity contribution in [3.8, 4) is 11.5 Å². The molecule has 0 saturated carbocycles. The van der Waals surface area contributed by atoms with Crippen LogP contribution in [-0.4, -0.2) is 64.0 Å². The highest BCUT2D eigenvalue weighted by molar-refractivity contribution is 7.80. The van der Waals surface area contributed by atoms with Crippen LogP contribution >= 0.6 is 12.2 Å². The lowest BCUT2D eigenvalue weighted by Crippen LogP contribution is -2.45. The van der Waals surface area contributed by atoms with Crippen molar-refractivity contribution in [3.05, 3.63) is 18.2 Å². The van der Waals surface area contributed by atoms with Gasteiger partial charge in [0.1, 0.15) is 29.8 Å². The topological polar surface area (TPSA) is 70.2 Å². The van der Waals surface area contributed by atoms with Crippen LogP contribution in [0.15, 0.2) is 18.2 Å². The molecule has 4 atom stereocenters. The third-order valence-electron chi connectivity index (χ3n) is 4.24. The Bertz CT molecular complexity index is 578. The number of hydrogen-bond acceptors (Lipinski definition) is 6.